The van der Waals surface area contributed by atoms with Gasteiger partial charge in [0.25, 0.3) is 0 Å². The Morgan fingerprint density at radius 3 is 1.64 bits per heavy atom. The molecular weight excluding hydrogens is 470 g/mol. The maximum Gasteiger partial charge on any atom is 0.0540 e. The van der Waals surface area contributed by atoms with Gasteiger partial charge in [-0.05, 0) is 69.2 Å². The standard InChI is InChI=1S/C38H27N/c1-3-12-28(13-4-1)29-22-24-30(25-23-29)35-19-9-10-20-37(35)39(34-17-5-2-6-18-34)38-21-11-16-33-26-31-14-7-8-15-32(31)27-36(33)38/h1-27H. The molecule has 7 aromatic rings. The zero-order valence-electron chi connectivity index (χ0n) is 21.5. The highest BCUT2D eigenvalue weighted by Crippen LogP contribution is 2.44. The second kappa shape index (κ2) is 9.96. The van der Waals surface area contributed by atoms with Crippen molar-refractivity contribution in [3.8, 4) is 22.3 Å². The fourth-order valence-electron chi connectivity index (χ4n) is 5.52. The molecule has 39 heavy (non-hydrogen) atoms. The maximum absolute atomic E-state index is 2.40. The largest absolute Gasteiger partial charge is 0.309 e. The average Bonchev–Trinajstić information content (AvgIpc) is 3.02. The minimum atomic E-state index is 1.13. The minimum absolute atomic E-state index is 1.13. The number of fused-ring (bicyclic) bond motifs is 2. The maximum atomic E-state index is 2.40. The third kappa shape index (κ3) is 4.35. The summed E-state index contributed by atoms with van der Waals surface area (Å²) < 4.78 is 0. The molecule has 0 bridgehead atoms. The van der Waals surface area contributed by atoms with Crippen molar-refractivity contribution in [2.45, 2.75) is 0 Å². The molecule has 0 aliphatic rings. The summed E-state index contributed by atoms with van der Waals surface area (Å²) in [7, 11) is 0. The number of hydrogen-bond acceptors (Lipinski definition) is 1. The van der Waals surface area contributed by atoms with Crippen LogP contribution in [0.1, 0.15) is 0 Å². The highest BCUT2D eigenvalue weighted by molar-refractivity contribution is 6.07. The van der Waals surface area contributed by atoms with Crippen LogP contribution in [0.4, 0.5) is 17.1 Å². The normalized spacial score (nSPS) is 11.1. The van der Waals surface area contributed by atoms with E-state index in [9.17, 15) is 0 Å². The van der Waals surface area contributed by atoms with Gasteiger partial charge in [0, 0.05) is 16.6 Å². The van der Waals surface area contributed by atoms with E-state index in [-0.39, 0.29) is 0 Å². The van der Waals surface area contributed by atoms with Crippen molar-refractivity contribution in [1.29, 1.82) is 0 Å². The first-order valence-corrected chi connectivity index (χ1v) is 13.4. The minimum Gasteiger partial charge on any atom is -0.309 e. The summed E-state index contributed by atoms with van der Waals surface area (Å²) in [5.41, 5.74) is 8.28. The SMILES string of the molecule is c1ccc(-c2ccc(-c3ccccc3N(c3ccccc3)c3cccc4cc5ccccc5cc34)cc2)cc1. The van der Waals surface area contributed by atoms with Gasteiger partial charge in [-0.15, -0.1) is 0 Å². The third-order valence-electron chi connectivity index (χ3n) is 7.43. The summed E-state index contributed by atoms with van der Waals surface area (Å²) in [4.78, 5) is 2.40. The van der Waals surface area contributed by atoms with Gasteiger partial charge in [-0.3, -0.25) is 0 Å². The summed E-state index contributed by atoms with van der Waals surface area (Å²) in [6.07, 6.45) is 0. The van der Waals surface area contributed by atoms with E-state index >= 15 is 0 Å². The molecule has 0 aromatic heterocycles. The molecule has 1 nitrogen and oxygen atoms in total. The number of benzene rings is 7. The Labute approximate surface area is 229 Å². The van der Waals surface area contributed by atoms with Crippen LogP contribution in [-0.2, 0) is 0 Å². The molecule has 0 aliphatic heterocycles. The fourth-order valence-corrected chi connectivity index (χ4v) is 5.52. The Morgan fingerprint density at radius 1 is 0.333 bits per heavy atom. The number of para-hydroxylation sites is 2. The first-order chi connectivity index (χ1) is 19.3. The molecule has 0 radical (unpaired) electrons. The molecule has 0 N–H and O–H groups in total. The molecule has 184 valence electrons. The van der Waals surface area contributed by atoms with Crippen molar-refractivity contribution in [3.05, 3.63) is 164 Å². The van der Waals surface area contributed by atoms with E-state index in [0.717, 1.165) is 17.1 Å². The van der Waals surface area contributed by atoms with E-state index in [1.807, 2.05) is 0 Å². The van der Waals surface area contributed by atoms with Crippen molar-refractivity contribution in [2.24, 2.45) is 0 Å². The van der Waals surface area contributed by atoms with Gasteiger partial charge in [0.05, 0.1) is 11.4 Å². The lowest BCUT2D eigenvalue weighted by atomic mass is 9.97. The van der Waals surface area contributed by atoms with Gasteiger partial charge >= 0.3 is 0 Å². The van der Waals surface area contributed by atoms with Crippen molar-refractivity contribution >= 4 is 38.6 Å². The van der Waals surface area contributed by atoms with E-state index in [2.05, 4.69) is 169 Å². The van der Waals surface area contributed by atoms with Crippen LogP contribution >= 0.6 is 0 Å². The van der Waals surface area contributed by atoms with Crippen LogP contribution < -0.4 is 4.90 Å². The molecule has 0 fully saturated rings. The van der Waals surface area contributed by atoms with Gasteiger partial charge in [-0.1, -0.05) is 127 Å². The van der Waals surface area contributed by atoms with Crippen molar-refractivity contribution in [2.75, 3.05) is 4.90 Å². The Kier molecular flexibility index (Phi) is 5.88. The molecule has 7 aromatic carbocycles. The van der Waals surface area contributed by atoms with Crippen molar-refractivity contribution < 1.29 is 0 Å². The zero-order valence-corrected chi connectivity index (χ0v) is 21.5. The highest BCUT2D eigenvalue weighted by Gasteiger charge is 2.19. The second-order valence-electron chi connectivity index (χ2n) is 9.83. The number of nitrogens with zero attached hydrogens (tertiary/aromatic N) is 1. The van der Waals surface area contributed by atoms with Crippen LogP contribution in [0, 0.1) is 0 Å². The molecule has 0 aliphatic carbocycles. The van der Waals surface area contributed by atoms with Gasteiger partial charge < -0.3 is 4.90 Å². The van der Waals surface area contributed by atoms with Gasteiger partial charge in [0.15, 0.2) is 0 Å². The van der Waals surface area contributed by atoms with Crippen molar-refractivity contribution in [3.63, 3.8) is 0 Å². The summed E-state index contributed by atoms with van der Waals surface area (Å²) >= 11 is 0. The first kappa shape index (κ1) is 23.0. The highest BCUT2D eigenvalue weighted by atomic mass is 15.1. The molecule has 0 saturated carbocycles. The lowest BCUT2D eigenvalue weighted by Gasteiger charge is -2.29. The van der Waals surface area contributed by atoms with E-state index in [0.29, 0.717) is 0 Å². The monoisotopic (exact) mass is 497 g/mol. The van der Waals surface area contributed by atoms with Gasteiger partial charge in [0.1, 0.15) is 0 Å². The average molecular weight is 498 g/mol. The Hall–Kier alpha value is -5.14. The summed E-state index contributed by atoms with van der Waals surface area (Å²) in [5.74, 6) is 0. The van der Waals surface area contributed by atoms with Crippen LogP contribution in [0.15, 0.2) is 164 Å². The Bertz CT molecular complexity index is 1890. The topological polar surface area (TPSA) is 3.24 Å². The lowest BCUT2D eigenvalue weighted by Crippen LogP contribution is -2.11. The molecule has 0 spiro atoms. The van der Waals surface area contributed by atoms with Gasteiger partial charge in [0.2, 0.25) is 0 Å². The smallest absolute Gasteiger partial charge is 0.0540 e. The van der Waals surface area contributed by atoms with Crippen LogP contribution in [0.25, 0.3) is 43.8 Å². The van der Waals surface area contributed by atoms with Crippen LogP contribution in [-0.4, -0.2) is 0 Å². The van der Waals surface area contributed by atoms with E-state index < -0.39 is 0 Å². The number of anilines is 3. The number of rotatable bonds is 5. The number of hydrogen-bond donors (Lipinski definition) is 0. The predicted molar refractivity (Wildman–Crippen MR) is 167 cm³/mol. The van der Waals surface area contributed by atoms with E-state index in [4.69, 9.17) is 0 Å². The molecule has 0 unspecified atom stereocenters. The molecule has 0 amide bonds. The molecule has 0 saturated heterocycles. The predicted octanol–water partition coefficient (Wildman–Crippen LogP) is 10.8. The van der Waals surface area contributed by atoms with Crippen LogP contribution in [0.2, 0.25) is 0 Å². The van der Waals surface area contributed by atoms with E-state index in [1.165, 1.54) is 43.8 Å². The zero-order chi connectivity index (χ0) is 26.0. The summed E-state index contributed by atoms with van der Waals surface area (Å²) in [6, 6.07) is 58.7. The molecule has 7 rings (SSSR count). The van der Waals surface area contributed by atoms with Crippen molar-refractivity contribution in [1.82, 2.24) is 0 Å². The van der Waals surface area contributed by atoms with Crippen LogP contribution in [0.3, 0.4) is 0 Å². The van der Waals surface area contributed by atoms with Crippen LogP contribution in [0.5, 0.6) is 0 Å². The second-order valence-corrected chi connectivity index (χ2v) is 9.83. The molecule has 0 atom stereocenters. The lowest BCUT2D eigenvalue weighted by molar-refractivity contribution is 1.30. The third-order valence-corrected chi connectivity index (χ3v) is 7.43. The quantitative estimate of drug-likeness (QED) is 0.214. The Balaban J connectivity index is 1.42. The first-order valence-electron chi connectivity index (χ1n) is 13.4. The van der Waals surface area contributed by atoms with Gasteiger partial charge in [-0.2, -0.15) is 0 Å². The molecule has 0 heterocycles. The fraction of sp³-hybridized carbons (Fsp3) is 0. The summed E-state index contributed by atoms with van der Waals surface area (Å²) in [5, 5.41) is 4.97. The summed E-state index contributed by atoms with van der Waals surface area (Å²) in [6.45, 7) is 0. The van der Waals surface area contributed by atoms with E-state index in [1.54, 1.807) is 0 Å². The van der Waals surface area contributed by atoms with Gasteiger partial charge in [-0.25, -0.2) is 0 Å². The Morgan fingerprint density at radius 2 is 0.872 bits per heavy atom. The molecular formula is C38H27N. The molecule has 1 heteroatoms.